The molecule has 2 amide bonds. The smallest absolute Gasteiger partial charge is 0.258 e. The number of carbonyl (C=O) groups is 2. The van der Waals surface area contributed by atoms with Crippen molar-refractivity contribution in [1.29, 1.82) is 0 Å². The Morgan fingerprint density at radius 2 is 1.83 bits per heavy atom. The van der Waals surface area contributed by atoms with Crippen molar-refractivity contribution in [3.05, 3.63) is 76.5 Å². The van der Waals surface area contributed by atoms with Gasteiger partial charge in [0.05, 0.1) is 30.5 Å². The largest absolute Gasteiger partial charge is 0.332 e. The van der Waals surface area contributed by atoms with Crippen molar-refractivity contribution in [3.8, 4) is 0 Å². The van der Waals surface area contributed by atoms with Gasteiger partial charge in [-0.3, -0.25) is 14.3 Å². The Bertz CT molecular complexity index is 1010. The third kappa shape index (κ3) is 5.27. The highest BCUT2D eigenvalue weighted by Gasteiger charge is 2.21. The second-order valence-electron chi connectivity index (χ2n) is 6.40. The molecule has 0 radical (unpaired) electrons. The standard InChI is InChI=1S/C21H21BrN4O2S/c1-25(14-19(27)24-17-10-6-7-11-18(17)29-2)21(28)16-12-23-26(20(16)22)13-15-8-4-3-5-9-15/h3-12H,13-14H2,1-2H3,(H,24,27). The van der Waals surface area contributed by atoms with Crippen LogP contribution in [0.1, 0.15) is 15.9 Å². The van der Waals surface area contributed by atoms with E-state index in [1.165, 1.54) is 11.1 Å². The van der Waals surface area contributed by atoms with Gasteiger partial charge in [0.15, 0.2) is 0 Å². The molecule has 1 aromatic heterocycles. The summed E-state index contributed by atoms with van der Waals surface area (Å²) in [6.07, 6.45) is 3.47. The van der Waals surface area contributed by atoms with E-state index in [0.717, 1.165) is 16.1 Å². The molecule has 0 aliphatic heterocycles. The summed E-state index contributed by atoms with van der Waals surface area (Å²) in [5.41, 5.74) is 2.24. The molecule has 0 saturated carbocycles. The highest BCUT2D eigenvalue weighted by Crippen LogP contribution is 2.24. The summed E-state index contributed by atoms with van der Waals surface area (Å²) in [6.45, 7) is 0.488. The maximum absolute atomic E-state index is 12.8. The Hall–Kier alpha value is -2.58. The molecule has 2 aromatic carbocycles. The third-order valence-corrected chi connectivity index (χ3v) is 5.92. The van der Waals surface area contributed by atoms with Crippen molar-refractivity contribution in [1.82, 2.24) is 14.7 Å². The summed E-state index contributed by atoms with van der Waals surface area (Å²) in [7, 11) is 1.60. The quantitative estimate of drug-likeness (QED) is 0.525. The maximum Gasteiger partial charge on any atom is 0.258 e. The summed E-state index contributed by atoms with van der Waals surface area (Å²) in [5, 5.41) is 7.17. The van der Waals surface area contributed by atoms with E-state index in [0.29, 0.717) is 16.7 Å². The second kappa shape index (κ2) is 9.76. The summed E-state index contributed by atoms with van der Waals surface area (Å²) >= 11 is 5.02. The van der Waals surface area contributed by atoms with E-state index in [1.807, 2.05) is 60.9 Å². The molecule has 0 aliphatic carbocycles. The molecule has 8 heteroatoms. The summed E-state index contributed by atoms with van der Waals surface area (Å²) in [6, 6.07) is 17.4. The SMILES string of the molecule is CSc1ccccc1NC(=O)CN(C)C(=O)c1cnn(Cc2ccccc2)c1Br. The van der Waals surface area contributed by atoms with E-state index in [2.05, 4.69) is 26.3 Å². The minimum Gasteiger partial charge on any atom is -0.332 e. The number of carbonyl (C=O) groups excluding carboxylic acids is 2. The Balaban J connectivity index is 1.65. The van der Waals surface area contributed by atoms with Gasteiger partial charge in [-0.2, -0.15) is 5.10 Å². The van der Waals surface area contributed by atoms with Crippen LogP contribution in [0.2, 0.25) is 0 Å². The van der Waals surface area contributed by atoms with Crippen molar-refractivity contribution >= 4 is 45.2 Å². The van der Waals surface area contributed by atoms with Crippen LogP contribution in [0, 0.1) is 0 Å². The van der Waals surface area contributed by atoms with Crippen LogP contribution in [0.15, 0.2) is 70.3 Å². The zero-order chi connectivity index (χ0) is 20.8. The van der Waals surface area contributed by atoms with Gasteiger partial charge in [-0.1, -0.05) is 42.5 Å². The molecular formula is C21H21BrN4O2S. The Kier molecular flexibility index (Phi) is 7.11. The molecule has 0 bridgehead atoms. The zero-order valence-electron chi connectivity index (χ0n) is 16.1. The van der Waals surface area contributed by atoms with Crippen molar-refractivity contribution in [2.45, 2.75) is 11.4 Å². The topological polar surface area (TPSA) is 67.2 Å². The van der Waals surface area contributed by atoms with Crippen LogP contribution in [0.4, 0.5) is 5.69 Å². The average Bonchev–Trinajstić information content (AvgIpc) is 3.08. The number of rotatable bonds is 7. The number of hydrogen-bond acceptors (Lipinski definition) is 4. The van der Waals surface area contributed by atoms with Crippen molar-refractivity contribution in [2.75, 3.05) is 25.2 Å². The van der Waals surface area contributed by atoms with Crippen molar-refractivity contribution < 1.29 is 9.59 Å². The molecule has 1 N–H and O–H groups in total. The van der Waals surface area contributed by atoms with Crippen LogP contribution >= 0.6 is 27.7 Å². The Labute approximate surface area is 182 Å². The van der Waals surface area contributed by atoms with Crippen LogP contribution in [-0.2, 0) is 11.3 Å². The number of thioether (sulfide) groups is 1. The monoisotopic (exact) mass is 472 g/mol. The van der Waals surface area contributed by atoms with Crippen LogP contribution in [-0.4, -0.2) is 46.3 Å². The first-order chi connectivity index (χ1) is 14.0. The summed E-state index contributed by atoms with van der Waals surface area (Å²) in [4.78, 5) is 27.6. The Morgan fingerprint density at radius 3 is 2.55 bits per heavy atom. The van der Waals surface area contributed by atoms with Crippen LogP contribution in [0.3, 0.4) is 0 Å². The van der Waals surface area contributed by atoms with E-state index < -0.39 is 0 Å². The molecule has 0 fully saturated rings. The van der Waals surface area contributed by atoms with E-state index in [4.69, 9.17) is 0 Å². The lowest BCUT2D eigenvalue weighted by Gasteiger charge is -2.17. The molecular weight excluding hydrogens is 452 g/mol. The fourth-order valence-corrected chi connectivity index (χ4v) is 3.85. The number of anilines is 1. The third-order valence-electron chi connectivity index (χ3n) is 4.29. The van der Waals surface area contributed by atoms with Crippen molar-refractivity contribution in [3.63, 3.8) is 0 Å². The van der Waals surface area contributed by atoms with Crippen LogP contribution in [0.5, 0.6) is 0 Å². The molecule has 0 unspecified atom stereocenters. The predicted molar refractivity (Wildman–Crippen MR) is 119 cm³/mol. The molecule has 3 aromatic rings. The molecule has 150 valence electrons. The molecule has 0 spiro atoms. The number of nitrogens with one attached hydrogen (secondary N) is 1. The van der Waals surface area contributed by atoms with Gasteiger partial charge in [-0.15, -0.1) is 11.8 Å². The number of aromatic nitrogens is 2. The van der Waals surface area contributed by atoms with E-state index >= 15 is 0 Å². The fourth-order valence-electron chi connectivity index (χ4n) is 2.81. The maximum atomic E-state index is 12.8. The minimum absolute atomic E-state index is 0.0577. The molecule has 3 rings (SSSR count). The average molecular weight is 473 g/mol. The molecule has 1 heterocycles. The van der Waals surface area contributed by atoms with Gasteiger partial charge in [-0.25, -0.2) is 0 Å². The molecule has 29 heavy (non-hydrogen) atoms. The highest BCUT2D eigenvalue weighted by atomic mass is 79.9. The van der Waals surface area contributed by atoms with Gasteiger partial charge in [0.1, 0.15) is 4.60 Å². The van der Waals surface area contributed by atoms with Crippen molar-refractivity contribution in [2.24, 2.45) is 0 Å². The number of amides is 2. The van der Waals surface area contributed by atoms with Crippen LogP contribution < -0.4 is 5.32 Å². The number of likely N-dealkylation sites (N-methyl/N-ethyl adjacent to an activating group) is 1. The zero-order valence-corrected chi connectivity index (χ0v) is 18.5. The number of benzene rings is 2. The number of hydrogen-bond donors (Lipinski definition) is 1. The minimum atomic E-state index is -0.274. The number of nitrogens with zero attached hydrogens (tertiary/aromatic N) is 3. The van der Waals surface area contributed by atoms with Crippen LogP contribution in [0.25, 0.3) is 0 Å². The first kappa shape index (κ1) is 21.1. The van der Waals surface area contributed by atoms with Gasteiger partial charge < -0.3 is 10.2 Å². The number of halogens is 1. The van der Waals surface area contributed by atoms with Gasteiger partial charge in [-0.05, 0) is 39.9 Å². The molecule has 6 nitrogen and oxygen atoms in total. The van der Waals surface area contributed by atoms with E-state index in [-0.39, 0.29) is 18.4 Å². The molecule has 0 saturated heterocycles. The normalized spacial score (nSPS) is 10.6. The summed E-state index contributed by atoms with van der Waals surface area (Å²) in [5.74, 6) is -0.528. The summed E-state index contributed by atoms with van der Waals surface area (Å²) < 4.78 is 2.30. The molecule has 0 atom stereocenters. The number of para-hydroxylation sites is 1. The Morgan fingerprint density at radius 1 is 1.14 bits per heavy atom. The lowest BCUT2D eigenvalue weighted by atomic mass is 10.2. The molecule has 0 aliphatic rings. The van der Waals surface area contributed by atoms with E-state index in [9.17, 15) is 9.59 Å². The highest BCUT2D eigenvalue weighted by molar-refractivity contribution is 9.10. The van der Waals surface area contributed by atoms with Gasteiger partial charge in [0, 0.05) is 11.9 Å². The van der Waals surface area contributed by atoms with E-state index in [1.54, 1.807) is 23.5 Å². The van der Waals surface area contributed by atoms with Gasteiger partial charge >= 0.3 is 0 Å². The predicted octanol–water partition coefficient (Wildman–Crippen LogP) is 4.13. The first-order valence-electron chi connectivity index (χ1n) is 8.93. The fraction of sp³-hybridized carbons (Fsp3) is 0.190. The second-order valence-corrected chi connectivity index (χ2v) is 8.00. The first-order valence-corrected chi connectivity index (χ1v) is 10.9. The van der Waals surface area contributed by atoms with Gasteiger partial charge in [0.2, 0.25) is 5.91 Å². The lowest BCUT2D eigenvalue weighted by Crippen LogP contribution is -2.35. The lowest BCUT2D eigenvalue weighted by molar-refractivity contribution is -0.116. The van der Waals surface area contributed by atoms with Gasteiger partial charge in [0.25, 0.3) is 5.91 Å².